The lowest BCUT2D eigenvalue weighted by molar-refractivity contribution is -0.131. The van der Waals surface area contributed by atoms with Crippen molar-refractivity contribution in [2.45, 2.75) is 0 Å². The van der Waals surface area contributed by atoms with Crippen molar-refractivity contribution in [3.63, 3.8) is 0 Å². The highest BCUT2D eigenvalue weighted by atomic mass is 127. The Morgan fingerprint density at radius 3 is 2.12 bits per heavy atom. The predicted molar refractivity (Wildman–Crippen MR) is 32.2 cm³/mol. The van der Waals surface area contributed by atoms with Gasteiger partial charge in [0, 0.05) is 10.2 Å². The van der Waals surface area contributed by atoms with Crippen LogP contribution in [0.15, 0.2) is 10.2 Å². The first kappa shape index (κ1) is 7.54. The lowest BCUT2D eigenvalue weighted by atomic mass is 10.7. The second-order valence-electron chi connectivity index (χ2n) is 0.872. The van der Waals surface area contributed by atoms with Crippen molar-refractivity contribution in [2.24, 2.45) is 0 Å². The molecule has 0 saturated carbocycles. The van der Waals surface area contributed by atoms with Gasteiger partial charge in [0.05, 0.1) is 0 Å². The van der Waals surface area contributed by atoms with Crippen LogP contribution in [-0.2, 0) is 10.9 Å². The van der Waals surface area contributed by atoms with Crippen LogP contribution in [0, 0.1) is 0 Å². The largest absolute Gasteiger partial charge is 0.478 e. The molecule has 0 unspecified atom stereocenters. The van der Waals surface area contributed by atoms with Gasteiger partial charge in [0.25, 0.3) is 0 Å². The summed E-state index contributed by atoms with van der Waals surface area (Å²) in [5, 5.41) is 7.82. The number of hydrogen-bond acceptors (Lipinski definition) is 3. The van der Waals surface area contributed by atoms with E-state index in [1.165, 1.54) is 0 Å². The SMILES string of the molecule is O=C(O)/C=C/I(=O)=O. The first-order valence-electron chi connectivity index (χ1n) is 1.58. The maximum Gasteiger partial charge on any atom is 0.333 e. The van der Waals surface area contributed by atoms with Crippen molar-refractivity contribution < 1.29 is 16.0 Å². The summed E-state index contributed by atoms with van der Waals surface area (Å²) in [6.07, 6.45) is 0.602. The minimum atomic E-state index is -3.43. The Hall–Kier alpha value is -0.460. The molecule has 0 atom stereocenters. The number of aliphatic carboxylic acids is 1. The topological polar surface area (TPSA) is 71.4 Å². The molecule has 0 spiro atoms. The lowest BCUT2D eigenvalue weighted by Gasteiger charge is -1.68. The number of hydrogen-bond donors (Lipinski definition) is 1. The second kappa shape index (κ2) is 3.53. The van der Waals surface area contributed by atoms with Gasteiger partial charge in [-0.3, -0.25) is 0 Å². The summed E-state index contributed by atoms with van der Waals surface area (Å²) in [6.45, 7) is 0. The molecule has 0 aliphatic carbocycles. The Balaban J connectivity index is 3.86. The van der Waals surface area contributed by atoms with Crippen molar-refractivity contribution in [3.8, 4) is 0 Å². The second-order valence-corrected chi connectivity index (χ2v) is 2.97. The van der Waals surface area contributed by atoms with E-state index in [1.807, 2.05) is 0 Å². The van der Waals surface area contributed by atoms with Gasteiger partial charge in [-0.15, -0.1) is 0 Å². The molecule has 0 amide bonds. The van der Waals surface area contributed by atoms with Crippen molar-refractivity contribution >= 4 is 25.8 Å². The molecule has 0 aliphatic rings. The Morgan fingerprint density at radius 1 is 1.50 bits per heavy atom. The van der Waals surface area contributed by atoms with Crippen molar-refractivity contribution in [3.05, 3.63) is 10.2 Å². The van der Waals surface area contributed by atoms with E-state index in [9.17, 15) is 10.9 Å². The van der Waals surface area contributed by atoms with Gasteiger partial charge in [-0.25, -0.2) is 10.9 Å². The average Bonchev–Trinajstić information content (AvgIpc) is 1.61. The van der Waals surface area contributed by atoms with Gasteiger partial charge in [-0.2, -0.15) is 0 Å². The van der Waals surface area contributed by atoms with Gasteiger partial charge in [0.1, 0.15) is 0 Å². The van der Waals surface area contributed by atoms with Gasteiger partial charge in [0.2, 0.25) is 0 Å². The molecular formula is C3H3IO4. The Kier molecular flexibility index (Phi) is 3.33. The molecule has 4 nitrogen and oxygen atoms in total. The molecule has 1 N–H and O–H groups in total. The van der Waals surface area contributed by atoms with Crippen LogP contribution >= 0.6 is 19.8 Å². The van der Waals surface area contributed by atoms with E-state index in [1.54, 1.807) is 0 Å². The van der Waals surface area contributed by atoms with E-state index >= 15 is 0 Å². The zero-order valence-electron chi connectivity index (χ0n) is 3.70. The molecule has 0 saturated heterocycles. The molecule has 0 aliphatic heterocycles. The minimum Gasteiger partial charge on any atom is -0.478 e. The lowest BCUT2D eigenvalue weighted by Crippen LogP contribution is -1.83. The summed E-state index contributed by atoms with van der Waals surface area (Å²) in [5.41, 5.74) is 0. The summed E-state index contributed by atoms with van der Waals surface area (Å²) in [7, 11) is 0. The average molecular weight is 230 g/mol. The molecule has 0 heterocycles. The molecule has 0 aromatic rings. The summed E-state index contributed by atoms with van der Waals surface area (Å²) >= 11 is -3.43. The first-order valence-corrected chi connectivity index (χ1v) is 4.58. The van der Waals surface area contributed by atoms with Crippen LogP contribution < -0.4 is 0 Å². The highest BCUT2D eigenvalue weighted by molar-refractivity contribution is 14.2. The smallest absolute Gasteiger partial charge is 0.333 e. The zero-order chi connectivity index (χ0) is 6.57. The number of carboxylic acids is 1. The van der Waals surface area contributed by atoms with E-state index in [0.29, 0.717) is 10.2 Å². The van der Waals surface area contributed by atoms with Crippen LogP contribution in [0.25, 0.3) is 0 Å². The van der Waals surface area contributed by atoms with Crippen molar-refractivity contribution in [2.75, 3.05) is 0 Å². The van der Waals surface area contributed by atoms with Gasteiger partial charge < -0.3 is 5.11 Å². The van der Waals surface area contributed by atoms with E-state index in [4.69, 9.17) is 5.11 Å². The number of carbonyl (C=O) groups is 1. The summed E-state index contributed by atoms with van der Waals surface area (Å²) in [6, 6.07) is 0. The molecule has 0 fully saturated rings. The van der Waals surface area contributed by atoms with Crippen LogP contribution in [0.1, 0.15) is 0 Å². The standard InChI is InChI=1S/C3H3IO4/c5-3(6)1-2-4(7)8/h1-2H,(H,5,6)/b2-1+. The molecule has 46 valence electrons. The number of halogens is 1. The minimum absolute atomic E-state index is 0.602. The molecule has 0 rings (SSSR count). The van der Waals surface area contributed by atoms with Crippen LogP contribution in [0.3, 0.4) is 0 Å². The summed E-state index contributed by atoms with van der Waals surface area (Å²) in [4.78, 5) is 9.56. The maximum absolute atomic E-state index is 9.68. The third-order valence-electron chi connectivity index (χ3n) is 0.308. The Morgan fingerprint density at radius 2 is 2.00 bits per heavy atom. The number of rotatable bonds is 2. The monoisotopic (exact) mass is 230 g/mol. The van der Waals surface area contributed by atoms with Crippen LogP contribution in [0.2, 0.25) is 0 Å². The normalized spacial score (nSPS) is 10.6. The highest BCUT2D eigenvalue weighted by Crippen LogP contribution is 2.03. The third-order valence-corrected chi connectivity index (χ3v) is 1.26. The van der Waals surface area contributed by atoms with E-state index < -0.39 is 25.8 Å². The Labute approximate surface area is 52.3 Å². The van der Waals surface area contributed by atoms with E-state index in [-0.39, 0.29) is 0 Å². The fourth-order valence-electron chi connectivity index (χ4n) is 0.105. The van der Waals surface area contributed by atoms with Crippen LogP contribution in [0.4, 0.5) is 0 Å². The summed E-state index contributed by atoms with van der Waals surface area (Å²) < 4.78 is 20.1. The molecule has 0 bridgehead atoms. The number of carboxylic acid groups (broad SMARTS) is 1. The molecule has 8 heavy (non-hydrogen) atoms. The quantitative estimate of drug-likeness (QED) is 0.562. The van der Waals surface area contributed by atoms with Gasteiger partial charge in [0.15, 0.2) is 0 Å². The third kappa shape index (κ3) is 5.54. The van der Waals surface area contributed by atoms with Gasteiger partial charge in [-0.05, 0) is 0 Å². The van der Waals surface area contributed by atoms with Crippen molar-refractivity contribution in [1.29, 1.82) is 0 Å². The van der Waals surface area contributed by atoms with Crippen LogP contribution in [-0.4, -0.2) is 11.1 Å². The highest BCUT2D eigenvalue weighted by Gasteiger charge is 1.84. The fourth-order valence-corrected chi connectivity index (χ4v) is 0.707. The van der Waals surface area contributed by atoms with E-state index in [2.05, 4.69) is 0 Å². The maximum atomic E-state index is 9.68. The summed E-state index contributed by atoms with van der Waals surface area (Å²) in [5.74, 6) is -1.24. The van der Waals surface area contributed by atoms with Gasteiger partial charge in [-0.1, -0.05) is 0 Å². The molecule has 5 heteroatoms. The van der Waals surface area contributed by atoms with E-state index in [0.717, 1.165) is 0 Å². The first-order chi connectivity index (χ1) is 3.63. The predicted octanol–water partition coefficient (Wildman–Crippen LogP) is 0.782. The molecular weight excluding hydrogens is 227 g/mol. The van der Waals surface area contributed by atoms with Crippen LogP contribution in [0.5, 0.6) is 0 Å². The molecule has 0 aromatic carbocycles. The molecule has 0 radical (unpaired) electrons. The molecule has 0 aromatic heterocycles. The Bertz CT molecular complexity index is 170. The van der Waals surface area contributed by atoms with Crippen molar-refractivity contribution in [1.82, 2.24) is 0 Å². The zero-order valence-corrected chi connectivity index (χ0v) is 5.86. The van der Waals surface area contributed by atoms with Gasteiger partial charge >= 0.3 is 25.8 Å². The fraction of sp³-hybridized carbons (Fsp3) is 0.